The van der Waals surface area contributed by atoms with Gasteiger partial charge in [0, 0.05) is 18.1 Å². The number of fused-ring (bicyclic) bond motifs is 1. The van der Waals surface area contributed by atoms with E-state index in [4.69, 9.17) is 23.2 Å². The molecule has 2 heterocycles. The van der Waals surface area contributed by atoms with Crippen LogP contribution in [0.3, 0.4) is 0 Å². The zero-order valence-corrected chi connectivity index (χ0v) is 16.0. The van der Waals surface area contributed by atoms with E-state index in [0.717, 1.165) is 18.4 Å². The lowest BCUT2D eigenvalue weighted by atomic mass is 9.82. The summed E-state index contributed by atoms with van der Waals surface area (Å²) in [5.74, 6) is 0.523. The largest absolute Gasteiger partial charge is 0.332 e. The number of aromatic nitrogens is 4. The van der Waals surface area contributed by atoms with Crippen molar-refractivity contribution in [1.82, 2.24) is 18.7 Å². The molecular weight excluding hydrogens is 375 g/mol. The van der Waals surface area contributed by atoms with Gasteiger partial charge in [0.05, 0.1) is 6.54 Å². The third-order valence-corrected chi connectivity index (χ3v) is 5.64. The highest BCUT2D eigenvalue weighted by atomic mass is 35.5. The SMILES string of the molecule is CC1CC(n2c(=O)c3c(nc(Cl)n3Cc3ccc(Cl)cc3)n(C)c2=O)C1. The van der Waals surface area contributed by atoms with Gasteiger partial charge in [-0.05, 0) is 48.1 Å². The lowest BCUT2D eigenvalue weighted by molar-refractivity contribution is 0.204. The third-order valence-electron chi connectivity index (χ3n) is 5.10. The number of imidazole rings is 1. The molecule has 1 aliphatic carbocycles. The first-order chi connectivity index (χ1) is 12.4. The normalized spacial score (nSPS) is 19.7. The van der Waals surface area contributed by atoms with Crippen molar-refractivity contribution in [2.45, 2.75) is 32.4 Å². The molecule has 1 fully saturated rings. The summed E-state index contributed by atoms with van der Waals surface area (Å²) in [5, 5.41) is 0.820. The fourth-order valence-electron chi connectivity index (χ4n) is 3.62. The highest BCUT2D eigenvalue weighted by Gasteiger charge is 2.31. The van der Waals surface area contributed by atoms with Gasteiger partial charge in [-0.25, -0.2) is 4.79 Å². The number of halogens is 2. The Kier molecular flexibility index (Phi) is 4.20. The van der Waals surface area contributed by atoms with Gasteiger partial charge in [-0.3, -0.25) is 13.9 Å². The topological polar surface area (TPSA) is 61.8 Å². The van der Waals surface area contributed by atoms with E-state index >= 15 is 0 Å². The van der Waals surface area contributed by atoms with Crippen molar-refractivity contribution in [1.29, 1.82) is 0 Å². The molecule has 4 rings (SSSR count). The first-order valence-corrected chi connectivity index (χ1v) is 9.24. The molecular formula is C18H18Cl2N4O2. The molecule has 0 unspecified atom stereocenters. The van der Waals surface area contributed by atoms with E-state index in [1.165, 1.54) is 9.13 Å². The molecule has 0 atom stereocenters. The predicted molar refractivity (Wildman–Crippen MR) is 102 cm³/mol. The highest BCUT2D eigenvalue weighted by molar-refractivity contribution is 6.30. The number of rotatable bonds is 3. The van der Waals surface area contributed by atoms with Crippen molar-refractivity contribution < 1.29 is 0 Å². The predicted octanol–water partition coefficient (Wildman–Crippen LogP) is 3.22. The lowest BCUT2D eigenvalue weighted by Crippen LogP contribution is -2.45. The summed E-state index contributed by atoms with van der Waals surface area (Å²) in [5.41, 5.74) is 0.933. The standard InChI is InChI=1S/C18H18Cl2N4O2/c1-10-7-13(8-10)24-16(25)14-15(22(2)18(24)26)21-17(20)23(14)9-11-3-5-12(19)6-4-11/h3-6,10,13H,7-9H2,1-2H3. The van der Waals surface area contributed by atoms with Crippen molar-refractivity contribution in [2.75, 3.05) is 0 Å². The van der Waals surface area contributed by atoms with Crippen molar-refractivity contribution in [3.63, 3.8) is 0 Å². The monoisotopic (exact) mass is 392 g/mol. The summed E-state index contributed by atoms with van der Waals surface area (Å²) in [6, 6.07) is 7.26. The van der Waals surface area contributed by atoms with Crippen LogP contribution in [-0.2, 0) is 13.6 Å². The van der Waals surface area contributed by atoms with Gasteiger partial charge in [0.1, 0.15) is 0 Å². The molecule has 1 aromatic carbocycles. The quantitative estimate of drug-likeness (QED) is 0.642. The molecule has 0 aliphatic heterocycles. The van der Waals surface area contributed by atoms with Crippen LogP contribution in [0.5, 0.6) is 0 Å². The van der Waals surface area contributed by atoms with Crippen LogP contribution < -0.4 is 11.2 Å². The molecule has 0 spiro atoms. The zero-order chi connectivity index (χ0) is 18.6. The van der Waals surface area contributed by atoms with Crippen LogP contribution in [0.2, 0.25) is 10.3 Å². The minimum absolute atomic E-state index is 0.0572. The van der Waals surface area contributed by atoms with E-state index in [0.29, 0.717) is 28.6 Å². The van der Waals surface area contributed by atoms with E-state index in [1.807, 2.05) is 12.1 Å². The van der Waals surface area contributed by atoms with Gasteiger partial charge < -0.3 is 4.57 Å². The summed E-state index contributed by atoms with van der Waals surface area (Å²) in [7, 11) is 1.62. The average Bonchev–Trinajstić information content (AvgIpc) is 2.90. The maximum atomic E-state index is 13.1. The number of aryl methyl sites for hydroxylation is 1. The fourth-order valence-corrected chi connectivity index (χ4v) is 3.97. The van der Waals surface area contributed by atoms with E-state index < -0.39 is 0 Å². The van der Waals surface area contributed by atoms with Gasteiger partial charge in [-0.15, -0.1) is 0 Å². The van der Waals surface area contributed by atoms with Crippen LogP contribution in [-0.4, -0.2) is 18.7 Å². The van der Waals surface area contributed by atoms with Crippen LogP contribution in [0.15, 0.2) is 33.9 Å². The Morgan fingerprint density at radius 3 is 2.42 bits per heavy atom. The number of nitrogens with zero attached hydrogens (tertiary/aromatic N) is 4. The number of hydrogen-bond acceptors (Lipinski definition) is 3. The summed E-state index contributed by atoms with van der Waals surface area (Å²) in [6.45, 7) is 2.49. The smallest absolute Gasteiger partial charge is 0.304 e. The minimum atomic E-state index is -0.341. The molecule has 0 amide bonds. The van der Waals surface area contributed by atoms with Gasteiger partial charge in [0.25, 0.3) is 5.56 Å². The lowest BCUT2D eigenvalue weighted by Gasteiger charge is -2.33. The van der Waals surface area contributed by atoms with Crippen molar-refractivity contribution in [2.24, 2.45) is 13.0 Å². The number of benzene rings is 1. The molecule has 0 radical (unpaired) electrons. The Morgan fingerprint density at radius 2 is 1.81 bits per heavy atom. The highest BCUT2D eigenvalue weighted by Crippen LogP contribution is 2.35. The Hall–Kier alpha value is -2.05. The van der Waals surface area contributed by atoms with Gasteiger partial charge in [0.15, 0.2) is 11.2 Å². The van der Waals surface area contributed by atoms with Crippen molar-refractivity contribution in [3.8, 4) is 0 Å². The molecule has 1 aliphatic rings. The van der Waals surface area contributed by atoms with E-state index in [9.17, 15) is 9.59 Å². The van der Waals surface area contributed by atoms with Crippen LogP contribution in [0.25, 0.3) is 11.2 Å². The molecule has 1 saturated carbocycles. The summed E-state index contributed by atoms with van der Waals surface area (Å²) in [4.78, 5) is 30.1. The Balaban J connectivity index is 1.91. The molecule has 0 bridgehead atoms. The van der Waals surface area contributed by atoms with Crippen molar-refractivity contribution >= 4 is 34.4 Å². The maximum absolute atomic E-state index is 13.1. The average molecular weight is 393 g/mol. The fraction of sp³-hybridized carbons (Fsp3) is 0.389. The third kappa shape index (κ3) is 2.68. The molecule has 26 heavy (non-hydrogen) atoms. The van der Waals surface area contributed by atoms with E-state index in [1.54, 1.807) is 23.7 Å². The second-order valence-corrected chi connectivity index (χ2v) is 7.79. The number of hydrogen-bond donors (Lipinski definition) is 0. The Morgan fingerprint density at radius 1 is 1.15 bits per heavy atom. The van der Waals surface area contributed by atoms with Crippen LogP contribution in [0.1, 0.15) is 31.4 Å². The molecule has 0 saturated heterocycles. The minimum Gasteiger partial charge on any atom is -0.304 e. The second-order valence-electron chi connectivity index (χ2n) is 7.01. The van der Waals surface area contributed by atoms with Crippen LogP contribution >= 0.6 is 23.2 Å². The molecule has 0 N–H and O–H groups in total. The Bertz CT molecular complexity index is 1110. The molecule has 2 aromatic heterocycles. The van der Waals surface area contributed by atoms with Gasteiger partial charge in [0.2, 0.25) is 5.28 Å². The molecule has 3 aromatic rings. The molecule has 136 valence electrons. The Labute approximate surface area is 159 Å². The van der Waals surface area contributed by atoms with Gasteiger partial charge in [-0.2, -0.15) is 4.98 Å². The van der Waals surface area contributed by atoms with Crippen molar-refractivity contribution in [3.05, 3.63) is 61.0 Å². The maximum Gasteiger partial charge on any atom is 0.332 e. The molecule has 8 heteroatoms. The second kappa shape index (κ2) is 6.28. The van der Waals surface area contributed by atoms with E-state index in [2.05, 4.69) is 11.9 Å². The summed E-state index contributed by atoms with van der Waals surface area (Å²) < 4.78 is 4.42. The first-order valence-electron chi connectivity index (χ1n) is 8.48. The van der Waals surface area contributed by atoms with Crippen LogP contribution in [0.4, 0.5) is 0 Å². The van der Waals surface area contributed by atoms with Gasteiger partial charge >= 0.3 is 5.69 Å². The van der Waals surface area contributed by atoms with Crippen LogP contribution in [0, 0.1) is 5.92 Å². The summed E-state index contributed by atoms with van der Waals surface area (Å²) >= 11 is 12.2. The van der Waals surface area contributed by atoms with Gasteiger partial charge in [-0.1, -0.05) is 30.7 Å². The first kappa shape index (κ1) is 17.4. The van der Waals surface area contributed by atoms with E-state index in [-0.39, 0.29) is 22.6 Å². The zero-order valence-electron chi connectivity index (χ0n) is 14.4. The molecule has 6 nitrogen and oxygen atoms in total. The summed E-state index contributed by atoms with van der Waals surface area (Å²) in [6.07, 6.45) is 1.67.